The van der Waals surface area contributed by atoms with Gasteiger partial charge in [-0.1, -0.05) is 0 Å². The summed E-state index contributed by atoms with van der Waals surface area (Å²) in [5, 5.41) is 0. The van der Waals surface area contributed by atoms with Gasteiger partial charge in [0.15, 0.2) is 0 Å². The lowest BCUT2D eigenvalue weighted by molar-refractivity contribution is -0.141. The van der Waals surface area contributed by atoms with Crippen molar-refractivity contribution < 1.29 is 9.53 Å². The highest BCUT2D eigenvalue weighted by Crippen LogP contribution is 2.08. The zero-order chi connectivity index (χ0) is 11.3. The van der Waals surface area contributed by atoms with Crippen molar-refractivity contribution in [3.05, 3.63) is 12.4 Å². The van der Waals surface area contributed by atoms with Gasteiger partial charge >= 0.3 is 5.97 Å². The Morgan fingerprint density at radius 2 is 2.33 bits per heavy atom. The Kier molecular flexibility index (Phi) is 4.15. The summed E-state index contributed by atoms with van der Waals surface area (Å²) in [5.74, 6) is 0.552. The predicted octanol–water partition coefficient (Wildman–Crippen LogP) is 0.902. The first-order chi connectivity index (χ1) is 7.19. The number of ether oxygens (including phenoxy) is 1. The first-order valence-electron chi connectivity index (χ1n) is 5.06. The maximum Gasteiger partial charge on any atom is 0.325 e. The number of nitrogens with zero attached hydrogens (tertiary/aromatic N) is 3. The molecule has 0 aliphatic rings. The lowest BCUT2D eigenvalue weighted by atomic mass is 10.5. The normalized spacial score (nSPS) is 10.1. The van der Waals surface area contributed by atoms with E-state index in [0.717, 1.165) is 12.5 Å². The number of esters is 1. The van der Waals surface area contributed by atoms with E-state index in [1.54, 1.807) is 18.0 Å². The van der Waals surface area contributed by atoms with E-state index < -0.39 is 0 Å². The van der Waals surface area contributed by atoms with Crippen LogP contribution in [0.5, 0.6) is 0 Å². The van der Waals surface area contributed by atoms with Crippen LogP contribution < -0.4 is 4.90 Å². The van der Waals surface area contributed by atoms with E-state index in [1.807, 2.05) is 24.7 Å². The van der Waals surface area contributed by atoms with Crippen molar-refractivity contribution in [2.45, 2.75) is 20.4 Å². The largest absolute Gasteiger partial charge is 0.465 e. The Hall–Kier alpha value is -1.52. The molecule has 0 saturated heterocycles. The molecule has 0 unspecified atom stereocenters. The maximum absolute atomic E-state index is 11.2. The van der Waals surface area contributed by atoms with E-state index in [-0.39, 0.29) is 12.5 Å². The summed E-state index contributed by atoms with van der Waals surface area (Å²) >= 11 is 0. The highest BCUT2D eigenvalue weighted by molar-refractivity contribution is 5.74. The van der Waals surface area contributed by atoms with Crippen molar-refractivity contribution in [1.29, 1.82) is 0 Å². The van der Waals surface area contributed by atoms with E-state index in [1.165, 1.54) is 0 Å². The minimum atomic E-state index is -0.231. The average Bonchev–Trinajstić information content (AvgIpc) is 2.65. The fourth-order valence-corrected chi connectivity index (χ4v) is 1.36. The minimum Gasteiger partial charge on any atom is -0.465 e. The fraction of sp³-hybridized carbons (Fsp3) is 0.600. The van der Waals surface area contributed by atoms with Crippen molar-refractivity contribution in [3.8, 4) is 0 Å². The first kappa shape index (κ1) is 11.6. The average molecular weight is 211 g/mol. The SMILES string of the molecule is CCOC(=O)CN(C)c1nccn1CC. The third-order valence-corrected chi connectivity index (χ3v) is 2.05. The highest BCUT2D eigenvalue weighted by atomic mass is 16.5. The van der Waals surface area contributed by atoms with Crippen LogP contribution in [0.3, 0.4) is 0 Å². The van der Waals surface area contributed by atoms with Crippen LogP contribution in [-0.2, 0) is 16.1 Å². The van der Waals surface area contributed by atoms with Crippen LogP contribution in [0.4, 0.5) is 5.95 Å². The predicted molar refractivity (Wildman–Crippen MR) is 57.8 cm³/mol. The van der Waals surface area contributed by atoms with Gasteiger partial charge in [-0.2, -0.15) is 0 Å². The molecule has 5 nitrogen and oxygen atoms in total. The van der Waals surface area contributed by atoms with Gasteiger partial charge in [0, 0.05) is 26.0 Å². The molecule has 1 heterocycles. The molecule has 5 heteroatoms. The smallest absolute Gasteiger partial charge is 0.325 e. The lowest BCUT2D eigenvalue weighted by Gasteiger charge is -2.17. The molecule has 0 saturated carbocycles. The topological polar surface area (TPSA) is 47.4 Å². The molecule has 0 atom stereocenters. The number of carbonyl (C=O) groups excluding carboxylic acids is 1. The van der Waals surface area contributed by atoms with Crippen molar-refractivity contribution in [1.82, 2.24) is 9.55 Å². The molecular weight excluding hydrogens is 194 g/mol. The van der Waals surface area contributed by atoms with E-state index in [2.05, 4.69) is 4.98 Å². The standard InChI is InChI=1S/C10H17N3O2/c1-4-13-7-6-11-10(13)12(3)8-9(14)15-5-2/h6-7H,4-5,8H2,1-3H3. The summed E-state index contributed by atoms with van der Waals surface area (Å²) in [6, 6.07) is 0. The molecule has 1 rings (SSSR count). The monoisotopic (exact) mass is 211 g/mol. The number of rotatable bonds is 5. The third-order valence-electron chi connectivity index (χ3n) is 2.05. The second-order valence-corrected chi connectivity index (χ2v) is 3.17. The molecule has 0 radical (unpaired) electrons. The van der Waals surface area contributed by atoms with Crippen molar-refractivity contribution in [2.24, 2.45) is 0 Å². The van der Waals surface area contributed by atoms with Gasteiger partial charge in [0.05, 0.1) is 6.61 Å². The quantitative estimate of drug-likeness (QED) is 0.679. The Morgan fingerprint density at radius 3 is 2.93 bits per heavy atom. The van der Waals surface area contributed by atoms with Gasteiger partial charge in [-0.25, -0.2) is 4.98 Å². The summed E-state index contributed by atoms with van der Waals surface area (Å²) in [7, 11) is 1.82. The van der Waals surface area contributed by atoms with Gasteiger partial charge in [0.2, 0.25) is 5.95 Å². The number of anilines is 1. The fourth-order valence-electron chi connectivity index (χ4n) is 1.36. The van der Waals surface area contributed by atoms with E-state index in [9.17, 15) is 4.79 Å². The number of hydrogen-bond donors (Lipinski definition) is 0. The summed E-state index contributed by atoms with van der Waals surface area (Å²) in [6.07, 6.45) is 3.61. The second-order valence-electron chi connectivity index (χ2n) is 3.17. The molecule has 0 N–H and O–H groups in total. The van der Waals surface area contributed by atoms with Crippen LogP contribution in [0, 0.1) is 0 Å². The Bertz CT molecular complexity index is 322. The van der Waals surface area contributed by atoms with Gasteiger partial charge < -0.3 is 14.2 Å². The number of hydrogen-bond acceptors (Lipinski definition) is 4. The minimum absolute atomic E-state index is 0.227. The van der Waals surface area contributed by atoms with Crippen molar-refractivity contribution in [3.63, 3.8) is 0 Å². The Labute approximate surface area is 89.7 Å². The lowest BCUT2D eigenvalue weighted by Crippen LogP contribution is -2.29. The van der Waals surface area contributed by atoms with E-state index in [0.29, 0.717) is 6.61 Å². The number of carbonyl (C=O) groups is 1. The molecule has 0 aromatic carbocycles. The van der Waals surface area contributed by atoms with Crippen molar-refractivity contribution >= 4 is 11.9 Å². The Morgan fingerprint density at radius 1 is 1.60 bits per heavy atom. The third kappa shape index (κ3) is 2.97. The molecule has 1 aromatic rings. The molecule has 0 fully saturated rings. The zero-order valence-corrected chi connectivity index (χ0v) is 9.43. The first-order valence-corrected chi connectivity index (χ1v) is 5.06. The Balaban J connectivity index is 2.60. The summed E-state index contributed by atoms with van der Waals surface area (Å²) in [5.41, 5.74) is 0. The summed E-state index contributed by atoms with van der Waals surface area (Å²) in [6.45, 7) is 5.30. The van der Waals surface area contributed by atoms with Crippen LogP contribution in [0.15, 0.2) is 12.4 Å². The zero-order valence-electron chi connectivity index (χ0n) is 9.43. The summed E-state index contributed by atoms with van der Waals surface area (Å²) in [4.78, 5) is 17.2. The summed E-state index contributed by atoms with van der Waals surface area (Å²) < 4.78 is 6.84. The number of likely N-dealkylation sites (N-methyl/N-ethyl adjacent to an activating group) is 1. The van der Waals surface area contributed by atoms with Gasteiger partial charge in [-0.3, -0.25) is 4.79 Å². The molecule has 1 aromatic heterocycles. The molecule has 0 aliphatic carbocycles. The van der Waals surface area contributed by atoms with Crippen molar-refractivity contribution in [2.75, 3.05) is 25.1 Å². The molecule has 0 amide bonds. The van der Waals surface area contributed by atoms with Crippen LogP contribution in [0.1, 0.15) is 13.8 Å². The van der Waals surface area contributed by atoms with Gasteiger partial charge in [0.25, 0.3) is 0 Å². The number of aromatic nitrogens is 2. The molecule has 84 valence electrons. The molecule has 0 bridgehead atoms. The molecule has 15 heavy (non-hydrogen) atoms. The molecule has 0 aliphatic heterocycles. The van der Waals surface area contributed by atoms with Gasteiger partial charge in [0.1, 0.15) is 6.54 Å². The number of imidazole rings is 1. The van der Waals surface area contributed by atoms with Gasteiger partial charge in [-0.05, 0) is 13.8 Å². The molecular formula is C10H17N3O2. The highest BCUT2D eigenvalue weighted by Gasteiger charge is 2.11. The van der Waals surface area contributed by atoms with E-state index in [4.69, 9.17) is 4.74 Å². The maximum atomic E-state index is 11.2. The van der Waals surface area contributed by atoms with Gasteiger partial charge in [-0.15, -0.1) is 0 Å². The molecule has 0 spiro atoms. The number of aryl methyl sites for hydroxylation is 1. The van der Waals surface area contributed by atoms with Crippen LogP contribution >= 0.6 is 0 Å². The second kappa shape index (κ2) is 5.38. The van der Waals surface area contributed by atoms with Crippen LogP contribution in [-0.4, -0.2) is 35.7 Å². The van der Waals surface area contributed by atoms with E-state index >= 15 is 0 Å². The van der Waals surface area contributed by atoms with Crippen LogP contribution in [0.2, 0.25) is 0 Å². The van der Waals surface area contributed by atoms with Crippen LogP contribution in [0.25, 0.3) is 0 Å².